The zero-order valence-corrected chi connectivity index (χ0v) is 11.1. The van der Waals surface area contributed by atoms with Crippen LogP contribution in [0.25, 0.3) is 0 Å². The Balaban J connectivity index is 2.06. The van der Waals surface area contributed by atoms with Crippen LogP contribution in [0.15, 0.2) is 16.5 Å². The van der Waals surface area contributed by atoms with E-state index in [0.717, 1.165) is 48.2 Å². The Morgan fingerprint density at radius 1 is 1.37 bits per heavy atom. The predicted molar refractivity (Wildman–Crippen MR) is 73.4 cm³/mol. The number of nitrogens with one attached hydrogen (secondary N) is 1. The molecule has 0 saturated heterocycles. The van der Waals surface area contributed by atoms with Gasteiger partial charge in [-0.1, -0.05) is 0 Å². The molecule has 0 atom stereocenters. The second-order valence-corrected chi connectivity index (χ2v) is 4.70. The largest absolute Gasteiger partial charge is 0.445 e. The Morgan fingerprint density at radius 2 is 2.21 bits per heavy atom. The van der Waals surface area contributed by atoms with Crippen LogP contribution in [-0.4, -0.2) is 23.6 Å². The van der Waals surface area contributed by atoms with Gasteiger partial charge in [0.05, 0.1) is 5.69 Å². The van der Waals surface area contributed by atoms with Gasteiger partial charge in [0.25, 0.3) is 0 Å². The average Bonchev–Trinajstić information content (AvgIpc) is 2.83. The number of aryl methyl sites for hydroxylation is 1. The second-order valence-electron chi connectivity index (χ2n) is 4.70. The number of rotatable bonds is 2. The summed E-state index contributed by atoms with van der Waals surface area (Å²) in [6, 6.07) is 3.86. The Kier molecular flexibility index (Phi) is 2.87. The van der Waals surface area contributed by atoms with Crippen molar-refractivity contribution < 1.29 is 4.42 Å². The lowest BCUT2D eigenvalue weighted by atomic mass is 10.1. The van der Waals surface area contributed by atoms with Crippen LogP contribution in [0.2, 0.25) is 0 Å². The third-order valence-corrected chi connectivity index (χ3v) is 3.30. The number of nitrogens with zero attached hydrogens (tertiary/aromatic N) is 3. The molecule has 100 valence electrons. The van der Waals surface area contributed by atoms with E-state index >= 15 is 0 Å². The van der Waals surface area contributed by atoms with Gasteiger partial charge in [0.15, 0.2) is 0 Å². The fourth-order valence-corrected chi connectivity index (χ4v) is 2.33. The molecule has 0 saturated carbocycles. The lowest BCUT2D eigenvalue weighted by molar-refractivity contribution is 0.536. The molecule has 0 aliphatic carbocycles. The molecule has 0 unspecified atom stereocenters. The van der Waals surface area contributed by atoms with E-state index in [1.165, 1.54) is 0 Å². The number of aromatic nitrogens is 2. The average molecular weight is 259 g/mol. The van der Waals surface area contributed by atoms with Crippen LogP contribution in [0, 0.1) is 6.92 Å². The van der Waals surface area contributed by atoms with E-state index in [-0.39, 0.29) is 0 Å². The van der Waals surface area contributed by atoms with Gasteiger partial charge in [0, 0.05) is 38.2 Å². The molecule has 0 radical (unpaired) electrons. The molecule has 0 amide bonds. The number of anilines is 3. The SMILES string of the molecule is Cc1ccc(N(C)c2nc(N)nc3c2CNCC3)o1. The van der Waals surface area contributed by atoms with Crippen molar-refractivity contribution in [1.29, 1.82) is 0 Å². The summed E-state index contributed by atoms with van der Waals surface area (Å²) in [6.07, 6.45) is 0.875. The molecule has 3 heterocycles. The fraction of sp³-hybridized carbons (Fsp3) is 0.385. The zero-order valence-electron chi connectivity index (χ0n) is 11.1. The molecule has 6 nitrogen and oxygen atoms in total. The Bertz CT molecular complexity index is 607. The van der Waals surface area contributed by atoms with Crippen LogP contribution in [0.1, 0.15) is 17.0 Å². The topological polar surface area (TPSA) is 80.2 Å². The maximum atomic E-state index is 5.80. The van der Waals surface area contributed by atoms with E-state index in [1.54, 1.807) is 0 Å². The normalized spacial score (nSPS) is 14.2. The van der Waals surface area contributed by atoms with Gasteiger partial charge in [-0.05, 0) is 13.0 Å². The second kappa shape index (κ2) is 4.55. The highest BCUT2D eigenvalue weighted by Crippen LogP contribution is 2.29. The summed E-state index contributed by atoms with van der Waals surface area (Å²) in [5.74, 6) is 2.74. The summed E-state index contributed by atoms with van der Waals surface area (Å²) < 4.78 is 5.63. The van der Waals surface area contributed by atoms with E-state index in [9.17, 15) is 0 Å². The molecule has 0 fully saturated rings. The Morgan fingerprint density at radius 3 is 2.95 bits per heavy atom. The molecule has 0 aromatic carbocycles. The van der Waals surface area contributed by atoms with Crippen LogP contribution in [-0.2, 0) is 13.0 Å². The van der Waals surface area contributed by atoms with E-state index < -0.39 is 0 Å². The van der Waals surface area contributed by atoms with Crippen molar-refractivity contribution in [2.45, 2.75) is 19.9 Å². The number of furan rings is 1. The number of fused-ring (bicyclic) bond motifs is 1. The summed E-state index contributed by atoms with van der Waals surface area (Å²) >= 11 is 0. The minimum atomic E-state index is 0.311. The zero-order chi connectivity index (χ0) is 13.4. The number of hydrogen-bond acceptors (Lipinski definition) is 6. The highest BCUT2D eigenvalue weighted by Gasteiger charge is 2.21. The van der Waals surface area contributed by atoms with Crippen LogP contribution in [0.3, 0.4) is 0 Å². The van der Waals surface area contributed by atoms with Crippen LogP contribution in [0.5, 0.6) is 0 Å². The van der Waals surface area contributed by atoms with Crippen molar-refractivity contribution in [3.63, 3.8) is 0 Å². The first-order valence-corrected chi connectivity index (χ1v) is 6.31. The van der Waals surface area contributed by atoms with Crippen molar-refractivity contribution in [3.8, 4) is 0 Å². The van der Waals surface area contributed by atoms with E-state index in [0.29, 0.717) is 5.95 Å². The summed E-state index contributed by atoms with van der Waals surface area (Å²) in [4.78, 5) is 10.6. The lowest BCUT2D eigenvalue weighted by Crippen LogP contribution is -2.28. The van der Waals surface area contributed by atoms with Crippen LogP contribution in [0.4, 0.5) is 17.7 Å². The summed E-state index contributed by atoms with van der Waals surface area (Å²) in [5.41, 5.74) is 7.92. The molecule has 1 aliphatic rings. The number of hydrogen-bond donors (Lipinski definition) is 2. The molecule has 0 spiro atoms. The van der Waals surface area contributed by atoms with Crippen molar-refractivity contribution >= 4 is 17.7 Å². The van der Waals surface area contributed by atoms with Crippen LogP contribution < -0.4 is 16.0 Å². The smallest absolute Gasteiger partial charge is 0.222 e. The molecule has 3 N–H and O–H groups in total. The van der Waals surface area contributed by atoms with Gasteiger partial charge < -0.3 is 15.5 Å². The first kappa shape index (κ1) is 12.0. The van der Waals surface area contributed by atoms with E-state index in [1.807, 2.05) is 31.0 Å². The fourth-order valence-electron chi connectivity index (χ4n) is 2.33. The number of nitrogen functional groups attached to an aromatic ring is 1. The lowest BCUT2D eigenvalue weighted by Gasteiger charge is -2.24. The minimum absolute atomic E-state index is 0.311. The number of nitrogens with two attached hydrogens (primary N) is 1. The molecule has 19 heavy (non-hydrogen) atoms. The van der Waals surface area contributed by atoms with Gasteiger partial charge in [-0.2, -0.15) is 4.98 Å². The maximum Gasteiger partial charge on any atom is 0.222 e. The molecule has 6 heteroatoms. The molecular weight excluding hydrogens is 242 g/mol. The third-order valence-electron chi connectivity index (χ3n) is 3.30. The van der Waals surface area contributed by atoms with E-state index in [2.05, 4.69) is 15.3 Å². The van der Waals surface area contributed by atoms with E-state index in [4.69, 9.17) is 10.2 Å². The molecule has 0 bridgehead atoms. The molecular formula is C13H17N5O. The highest BCUT2D eigenvalue weighted by molar-refractivity contribution is 5.60. The van der Waals surface area contributed by atoms with Crippen molar-refractivity contribution in [2.24, 2.45) is 0 Å². The van der Waals surface area contributed by atoms with Gasteiger partial charge in [-0.15, -0.1) is 0 Å². The Hall–Kier alpha value is -2.08. The summed E-state index contributed by atoms with van der Waals surface area (Å²) in [7, 11) is 1.93. The third kappa shape index (κ3) is 2.15. The van der Waals surface area contributed by atoms with Gasteiger partial charge in [0.2, 0.25) is 11.8 Å². The van der Waals surface area contributed by atoms with Crippen molar-refractivity contribution in [2.75, 3.05) is 24.2 Å². The summed E-state index contributed by atoms with van der Waals surface area (Å²) in [5, 5.41) is 3.33. The first-order valence-electron chi connectivity index (χ1n) is 6.31. The van der Waals surface area contributed by atoms with Crippen molar-refractivity contribution in [1.82, 2.24) is 15.3 Å². The van der Waals surface area contributed by atoms with Gasteiger partial charge in [0.1, 0.15) is 11.6 Å². The first-order chi connectivity index (χ1) is 9.15. The molecule has 1 aliphatic heterocycles. The predicted octanol–water partition coefficient (Wildman–Crippen LogP) is 1.37. The monoisotopic (exact) mass is 259 g/mol. The Labute approximate surface area is 111 Å². The van der Waals surface area contributed by atoms with Gasteiger partial charge in [-0.3, -0.25) is 4.90 Å². The summed E-state index contributed by atoms with van der Waals surface area (Å²) in [6.45, 7) is 3.60. The quantitative estimate of drug-likeness (QED) is 0.848. The maximum absolute atomic E-state index is 5.80. The highest BCUT2D eigenvalue weighted by atomic mass is 16.4. The van der Waals surface area contributed by atoms with Gasteiger partial charge in [-0.25, -0.2) is 4.98 Å². The molecule has 2 aromatic rings. The molecule has 2 aromatic heterocycles. The minimum Gasteiger partial charge on any atom is -0.445 e. The molecule has 3 rings (SSSR count). The van der Waals surface area contributed by atoms with Gasteiger partial charge >= 0.3 is 0 Å². The standard InChI is InChI=1S/C13H17N5O/c1-8-3-4-11(19-8)18(2)12-9-7-15-6-5-10(9)16-13(14)17-12/h3-4,15H,5-7H2,1-2H3,(H2,14,16,17). The van der Waals surface area contributed by atoms with Crippen molar-refractivity contribution in [3.05, 3.63) is 29.2 Å². The van der Waals surface area contributed by atoms with Crippen LogP contribution >= 0.6 is 0 Å².